The summed E-state index contributed by atoms with van der Waals surface area (Å²) in [5.41, 5.74) is 4.49. The van der Waals surface area contributed by atoms with Crippen molar-refractivity contribution in [2.24, 2.45) is 34.9 Å². The summed E-state index contributed by atoms with van der Waals surface area (Å²) in [4.78, 5) is 48.5. The summed E-state index contributed by atoms with van der Waals surface area (Å²) in [5.74, 6) is -2.91. The van der Waals surface area contributed by atoms with Crippen LogP contribution in [0.1, 0.15) is 23.2 Å². The third-order valence-electron chi connectivity index (χ3n) is 6.23. The lowest BCUT2D eigenvalue weighted by Gasteiger charge is -2.13. The van der Waals surface area contributed by atoms with Gasteiger partial charge in [-0.2, -0.15) is 0 Å². The number of hydrogen-bond donors (Lipinski definition) is 2. The number of amides is 2. The molecule has 0 aromatic heterocycles. The minimum absolute atomic E-state index is 0.0222. The van der Waals surface area contributed by atoms with Crippen LogP contribution in [-0.4, -0.2) is 24.6 Å². The van der Waals surface area contributed by atoms with Crippen LogP contribution >= 0.6 is 0 Å². The predicted molar refractivity (Wildman–Crippen MR) is 111 cm³/mol. The van der Waals surface area contributed by atoms with Gasteiger partial charge in [-0.1, -0.05) is 54.6 Å². The second kappa shape index (κ2) is 8.18. The van der Waals surface area contributed by atoms with Gasteiger partial charge in [-0.25, -0.2) is 5.43 Å². The van der Waals surface area contributed by atoms with Crippen molar-refractivity contribution < 1.29 is 14.4 Å². The molecular weight excluding hydrogens is 382 g/mol. The van der Waals surface area contributed by atoms with Crippen molar-refractivity contribution in [2.75, 3.05) is 7.05 Å². The maximum Gasteiger partial charge on any atom is 0.255 e. The normalized spacial score (nSPS) is 23.2. The molecule has 2 aliphatic carbocycles. The summed E-state index contributed by atoms with van der Waals surface area (Å²) in [6.07, 6.45) is 1.98. The van der Waals surface area contributed by atoms with Gasteiger partial charge < -0.3 is 5.32 Å². The Bertz CT molecular complexity index is 970. The highest BCUT2D eigenvalue weighted by Gasteiger charge is 2.65. The molecule has 2 aromatic rings. The Morgan fingerprint density at radius 3 is 2.13 bits per heavy atom. The third-order valence-corrected chi connectivity index (χ3v) is 6.23. The first-order valence-electron chi connectivity index (χ1n) is 10.1. The van der Waals surface area contributed by atoms with E-state index >= 15 is 0 Å². The molecule has 2 amide bonds. The summed E-state index contributed by atoms with van der Waals surface area (Å²) in [5, 5.41) is 4.90. The van der Waals surface area contributed by atoms with Crippen molar-refractivity contribution in [1.82, 2.24) is 10.7 Å². The molecule has 2 N–H and O–H groups in total. The van der Waals surface area contributed by atoms with E-state index in [9.17, 15) is 19.3 Å². The van der Waals surface area contributed by atoms with Crippen LogP contribution < -0.4 is 10.7 Å². The number of benzene rings is 2. The van der Waals surface area contributed by atoms with Crippen LogP contribution in [0, 0.1) is 34.5 Å². The average Bonchev–Trinajstić information content (AvgIpc) is 3.69. The number of carbonyl (C=O) groups is 3. The van der Waals surface area contributed by atoms with E-state index in [1.165, 1.54) is 7.05 Å². The molecule has 7 heteroatoms. The van der Waals surface area contributed by atoms with Crippen molar-refractivity contribution in [3.63, 3.8) is 0 Å². The second-order valence-corrected chi connectivity index (χ2v) is 7.98. The van der Waals surface area contributed by atoms with Gasteiger partial charge in [-0.05, 0) is 41.7 Å². The lowest BCUT2D eigenvalue weighted by Crippen LogP contribution is -2.40. The van der Waals surface area contributed by atoms with E-state index in [0.29, 0.717) is 11.5 Å². The molecule has 0 saturated heterocycles. The number of rotatable bonds is 8. The number of nitrogens with zero attached hydrogens (tertiary/aromatic N) is 1. The van der Waals surface area contributed by atoms with Gasteiger partial charge in [0.25, 0.3) is 5.91 Å². The number of carbonyl (C=O) groups excluding carboxylic acids is 3. The fourth-order valence-electron chi connectivity index (χ4n) is 4.62. The molecule has 0 heterocycles. The SMILES string of the molecule is CNC(=O)C(C(=O)NN=O)C1C(C(=O)c2ccc(-c3ccccc3)cc2)C1C1CC1. The summed E-state index contributed by atoms with van der Waals surface area (Å²) < 4.78 is 0. The van der Waals surface area contributed by atoms with Crippen LogP contribution in [0.15, 0.2) is 59.9 Å². The summed E-state index contributed by atoms with van der Waals surface area (Å²) in [6.45, 7) is 0. The Balaban J connectivity index is 1.57. The maximum atomic E-state index is 13.3. The Kier molecular flexibility index (Phi) is 5.44. The zero-order valence-electron chi connectivity index (χ0n) is 16.6. The first kappa shape index (κ1) is 19.9. The van der Waals surface area contributed by atoms with Crippen LogP contribution in [-0.2, 0) is 9.59 Å². The van der Waals surface area contributed by atoms with Gasteiger partial charge >= 0.3 is 0 Å². The molecule has 2 aromatic carbocycles. The van der Waals surface area contributed by atoms with Crippen LogP contribution in [0.4, 0.5) is 0 Å². The molecule has 0 spiro atoms. The van der Waals surface area contributed by atoms with Crippen molar-refractivity contribution in [3.8, 4) is 11.1 Å². The molecule has 2 saturated carbocycles. The second-order valence-electron chi connectivity index (χ2n) is 7.98. The zero-order valence-corrected chi connectivity index (χ0v) is 16.6. The van der Waals surface area contributed by atoms with E-state index in [0.717, 1.165) is 24.0 Å². The highest BCUT2D eigenvalue weighted by molar-refractivity contribution is 6.05. The molecule has 4 atom stereocenters. The lowest BCUT2D eigenvalue weighted by molar-refractivity contribution is -0.136. The molecule has 0 bridgehead atoms. The van der Waals surface area contributed by atoms with Crippen LogP contribution in [0.2, 0.25) is 0 Å². The number of nitrogens with one attached hydrogen (secondary N) is 2. The molecule has 7 nitrogen and oxygen atoms in total. The maximum absolute atomic E-state index is 13.3. The lowest BCUT2D eigenvalue weighted by atomic mass is 9.96. The van der Waals surface area contributed by atoms with E-state index in [1.807, 2.05) is 47.9 Å². The zero-order chi connectivity index (χ0) is 21.3. The summed E-state index contributed by atoms with van der Waals surface area (Å²) >= 11 is 0. The smallest absolute Gasteiger partial charge is 0.255 e. The van der Waals surface area contributed by atoms with Gasteiger partial charge in [0.15, 0.2) is 5.78 Å². The van der Waals surface area contributed by atoms with E-state index in [-0.39, 0.29) is 11.7 Å². The molecule has 2 aliphatic rings. The molecule has 0 aliphatic heterocycles. The first-order chi connectivity index (χ1) is 14.6. The third kappa shape index (κ3) is 3.75. The number of hydrogen-bond acceptors (Lipinski definition) is 5. The predicted octanol–water partition coefficient (Wildman–Crippen LogP) is 2.97. The summed E-state index contributed by atoms with van der Waals surface area (Å²) in [6, 6.07) is 17.3. The monoisotopic (exact) mass is 405 g/mol. The highest BCUT2D eigenvalue weighted by atomic mass is 16.3. The number of ketones is 1. The van der Waals surface area contributed by atoms with Gasteiger partial charge in [0.1, 0.15) is 5.92 Å². The van der Waals surface area contributed by atoms with Crippen molar-refractivity contribution in [3.05, 3.63) is 65.1 Å². The molecule has 2 fully saturated rings. The van der Waals surface area contributed by atoms with Crippen LogP contribution in [0.3, 0.4) is 0 Å². The molecule has 0 radical (unpaired) electrons. The van der Waals surface area contributed by atoms with Gasteiger partial charge in [0, 0.05) is 18.5 Å². The first-order valence-corrected chi connectivity index (χ1v) is 10.1. The average molecular weight is 405 g/mol. The molecule has 4 rings (SSSR count). The molecule has 30 heavy (non-hydrogen) atoms. The molecular formula is C23H23N3O4. The van der Waals surface area contributed by atoms with Gasteiger partial charge in [-0.3, -0.25) is 14.4 Å². The van der Waals surface area contributed by atoms with Gasteiger partial charge in [0.2, 0.25) is 5.91 Å². The molecule has 4 unspecified atom stereocenters. The van der Waals surface area contributed by atoms with E-state index in [2.05, 4.69) is 10.6 Å². The Hall–Kier alpha value is -3.35. The Morgan fingerprint density at radius 2 is 1.57 bits per heavy atom. The fraction of sp³-hybridized carbons (Fsp3) is 0.348. The quantitative estimate of drug-likeness (QED) is 0.305. The van der Waals surface area contributed by atoms with Crippen molar-refractivity contribution in [2.45, 2.75) is 12.8 Å². The minimum atomic E-state index is -1.10. The Morgan fingerprint density at radius 1 is 0.933 bits per heavy atom. The van der Waals surface area contributed by atoms with Gasteiger partial charge in [0.05, 0.1) is 5.29 Å². The van der Waals surface area contributed by atoms with Gasteiger partial charge in [-0.15, -0.1) is 4.91 Å². The minimum Gasteiger partial charge on any atom is -0.358 e. The summed E-state index contributed by atoms with van der Waals surface area (Å²) in [7, 11) is 1.44. The number of Topliss-reactive ketones (excluding diaryl/α,β-unsaturated/α-hetero) is 1. The topological polar surface area (TPSA) is 105 Å². The van der Waals surface area contributed by atoms with Crippen molar-refractivity contribution >= 4 is 17.6 Å². The van der Waals surface area contributed by atoms with E-state index < -0.39 is 29.6 Å². The van der Waals surface area contributed by atoms with Crippen molar-refractivity contribution in [1.29, 1.82) is 0 Å². The standard InChI is InChI=1S/C23H23N3O4/c1-24-22(28)20(23(29)25-26-30)18-17(15-9-10-15)19(18)21(27)16-11-7-14(8-12-16)13-5-3-2-4-6-13/h2-8,11-12,15,17-20H,9-10H2,1H3,(H,24,28)(H,25,29,30). The fourth-order valence-corrected chi connectivity index (χ4v) is 4.62. The highest BCUT2D eigenvalue weighted by Crippen LogP contribution is 2.62. The Labute approximate surface area is 174 Å². The van der Waals surface area contributed by atoms with Crippen LogP contribution in [0.5, 0.6) is 0 Å². The van der Waals surface area contributed by atoms with E-state index in [4.69, 9.17) is 0 Å². The van der Waals surface area contributed by atoms with Crippen LogP contribution in [0.25, 0.3) is 11.1 Å². The number of nitroso groups, excluding NO2 is 1. The van der Waals surface area contributed by atoms with E-state index in [1.54, 1.807) is 12.1 Å². The molecule has 154 valence electrons. The largest absolute Gasteiger partial charge is 0.358 e.